The van der Waals surface area contributed by atoms with Crippen LogP contribution >= 0.6 is 11.6 Å². The minimum absolute atomic E-state index is 0.140. The van der Waals surface area contributed by atoms with E-state index in [-0.39, 0.29) is 23.2 Å². The van der Waals surface area contributed by atoms with Gasteiger partial charge in [0.2, 0.25) is 0 Å². The van der Waals surface area contributed by atoms with Gasteiger partial charge in [0.05, 0.1) is 11.7 Å². The van der Waals surface area contributed by atoms with Gasteiger partial charge in [-0.05, 0) is 71.2 Å². The molecule has 3 rings (SSSR count). The fourth-order valence-electron chi connectivity index (χ4n) is 4.93. The number of ether oxygens (including phenoxy) is 1. The summed E-state index contributed by atoms with van der Waals surface area (Å²) >= 11 is 6.01. The third-order valence-corrected chi connectivity index (χ3v) is 6.28. The topological polar surface area (TPSA) is 38.8 Å². The Morgan fingerprint density at radius 2 is 1.64 bits per heavy atom. The third kappa shape index (κ3) is 4.90. The predicted octanol–water partition coefficient (Wildman–Crippen LogP) is 6.09. The number of piperidine rings is 1. The summed E-state index contributed by atoms with van der Waals surface area (Å²) in [5.41, 5.74) is 1.01. The summed E-state index contributed by atoms with van der Waals surface area (Å²) < 4.78 is 5.94. The van der Waals surface area contributed by atoms with Gasteiger partial charge in [0.15, 0.2) is 0 Å². The van der Waals surface area contributed by atoms with Crippen molar-refractivity contribution in [2.75, 3.05) is 0 Å². The van der Waals surface area contributed by atoms with Gasteiger partial charge in [-0.15, -0.1) is 0 Å². The minimum atomic E-state index is -0.271. The second-order valence-corrected chi connectivity index (χ2v) is 10.1. The predicted molar refractivity (Wildman–Crippen MR) is 113 cm³/mol. The van der Waals surface area contributed by atoms with Gasteiger partial charge in [-0.3, -0.25) is 4.84 Å². The molecule has 2 fully saturated rings. The molecule has 5 heteroatoms. The van der Waals surface area contributed by atoms with Crippen LogP contribution < -0.4 is 0 Å². The number of nitrogens with zero attached hydrogens (tertiary/aromatic N) is 1. The van der Waals surface area contributed by atoms with Gasteiger partial charge in [-0.1, -0.05) is 30.9 Å². The van der Waals surface area contributed by atoms with Crippen molar-refractivity contribution in [2.24, 2.45) is 0 Å². The summed E-state index contributed by atoms with van der Waals surface area (Å²) in [7, 11) is 0. The third-order valence-electron chi connectivity index (χ3n) is 6.04. The summed E-state index contributed by atoms with van der Waals surface area (Å²) in [6.45, 7) is 10.6. The zero-order valence-electron chi connectivity index (χ0n) is 17.9. The Morgan fingerprint density at radius 3 is 2.21 bits per heavy atom. The number of carbonyl (C=O) groups is 1. The van der Waals surface area contributed by atoms with Crippen LogP contribution in [0.15, 0.2) is 18.2 Å². The Balaban J connectivity index is 1.69. The van der Waals surface area contributed by atoms with E-state index in [2.05, 4.69) is 32.8 Å². The van der Waals surface area contributed by atoms with Crippen LogP contribution in [0.5, 0.6) is 0 Å². The van der Waals surface area contributed by atoms with Crippen LogP contribution in [0.4, 0.5) is 0 Å². The van der Waals surface area contributed by atoms with E-state index in [4.69, 9.17) is 21.2 Å². The largest absolute Gasteiger partial charge is 0.459 e. The zero-order valence-corrected chi connectivity index (χ0v) is 18.6. The Morgan fingerprint density at radius 1 is 1.04 bits per heavy atom. The lowest BCUT2D eigenvalue weighted by Crippen LogP contribution is -2.63. The normalized spacial score (nSPS) is 23.5. The minimum Gasteiger partial charge on any atom is -0.459 e. The van der Waals surface area contributed by atoms with Crippen LogP contribution in [-0.4, -0.2) is 34.3 Å². The first kappa shape index (κ1) is 21.6. The molecular weight excluding hydrogens is 374 g/mol. The van der Waals surface area contributed by atoms with Gasteiger partial charge in [0.1, 0.15) is 6.10 Å². The Hall–Kier alpha value is -1.10. The molecule has 28 heavy (non-hydrogen) atoms. The number of rotatable bonds is 4. The van der Waals surface area contributed by atoms with Gasteiger partial charge in [0.25, 0.3) is 0 Å². The quantitative estimate of drug-likeness (QED) is 0.566. The van der Waals surface area contributed by atoms with Crippen LogP contribution in [0.25, 0.3) is 0 Å². The summed E-state index contributed by atoms with van der Waals surface area (Å²) in [6.07, 6.45) is 7.76. The summed E-state index contributed by atoms with van der Waals surface area (Å²) in [6, 6.07) is 5.28. The first-order chi connectivity index (χ1) is 13.1. The van der Waals surface area contributed by atoms with E-state index in [1.165, 1.54) is 19.3 Å². The molecule has 1 aromatic carbocycles. The number of aryl methyl sites for hydroxylation is 1. The van der Waals surface area contributed by atoms with Crippen LogP contribution in [-0.2, 0) is 9.57 Å². The van der Waals surface area contributed by atoms with Crippen LogP contribution in [0.3, 0.4) is 0 Å². The fraction of sp³-hybridized carbons (Fsp3) is 0.696. The van der Waals surface area contributed by atoms with Gasteiger partial charge in [-0.2, -0.15) is 5.06 Å². The highest BCUT2D eigenvalue weighted by Gasteiger charge is 2.48. The highest BCUT2D eigenvalue weighted by atomic mass is 35.5. The second-order valence-electron chi connectivity index (χ2n) is 9.68. The SMILES string of the molecule is Cc1cc(Cl)ccc1C(=O)OC1CC(C)(C)N(OC2CCCCC2)C(C)(C)C1. The van der Waals surface area contributed by atoms with Gasteiger partial charge in [-0.25, -0.2) is 4.79 Å². The number of esters is 1. The van der Waals surface area contributed by atoms with E-state index in [9.17, 15) is 4.79 Å². The molecule has 2 aliphatic rings. The van der Waals surface area contributed by atoms with E-state index in [0.717, 1.165) is 31.2 Å². The molecule has 0 spiro atoms. The summed E-state index contributed by atoms with van der Waals surface area (Å²) in [4.78, 5) is 19.3. The molecule has 1 aliphatic heterocycles. The molecule has 0 N–H and O–H groups in total. The first-order valence-electron chi connectivity index (χ1n) is 10.5. The molecule has 1 heterocycles. The van der Waals surface area contributed by atoms with Crippen LogP contribution in [0.2, 0.25) is 5.02 Å². The standard InChI is InChI=1S/C23H34ClNO3/c1-16-13-17(24)11-12-20(16)21(26)27-19-14-22(2,3)25(23(4,5)15-19)28-18-9-7-6-8-10-18/h11-13,18-19H,6-10,14-15H2,1-5H3. The number of hydrogen-bond acceptors (Lipinski definition) is 4. The van der Waals surface area contributed by atoms with E-state index < -0.39 is 0 Å². The molecule has 0 unspecified atom stereocenters. The smallest absolute Gasteiger partial charge is 0.338 e. The van der Waals surface area contributed by atoms with Crippen molar-refractivity contribution in [1.29, 1.82) is 0 Å². The van der Waals surface area contributed by atoms with Gasteiger partial charge >= 0.3 is 5.97 Å². The van der Waals surface area contributed by atoms with Crippen molar-refractivity contribution in [3.05, 3.63) is 34.3 Å². The van der Waals surface area contributed by atoms with Crippen LogP contribution in [0.1, 0.15) is 88.6 Å². The van der Waals surface area contributed by atoms with Crippen molar-refractivity contribution in [3.8, 4) is 0 Å². The first-order valence-corrected chi connectivity index (χ1v) is 10.9. The Kier molecular flexibility index (Phi) is 6.43. The summed E-state index contributed by atoms with van der Waals surface area (Å²) in [5.74, 6) is -0.271. The Bertz CT molecular complexity index is 692. The lowest BCUT2D eigenvalue weighted by atomic mass is 9.80. The van der Waals surface area contributed by atoms with Crippen LogP contribution in [0, 0.1) is 6.92 Å². The number of benzene rings is 1. The number of hydrogen-bond donors (Lipinski definition) is 0. The molecule has 0 bridgehead atoms. The maximum absolute atomic E-state index is 12.8. The van der Waals surface area contributed by atoms with E-state index in [0.29, 0.717) is 16.7 Å². The molecular formula is C23H34ClNO3. The molecule has 1 aromatic rings. The second kappa shape index (κ2) is 8.33. The number of hydroxylamine groups is 2. The fourth-order valence-corrected chi connectivity index (χ4v) is 5.16. The molecule has 4 nitrogen and oxygen atoms in total. The van der Waals surface area contributed by atoms with Crippen molar-refractivity contribution in [2.45, 2.75) is 103 Å². The molecule has 0 amide bonds. The average molecular weight is 408 g/mol. The molecule has 1 saturated heterocycles. The van der Waals surface area contributed by atoms with Gasteiger partial charge < -0.3 is 4.74 Å². The molecule has 0 radical (unpaired) electrons. The monoisotopic (exact) mass is 407 g/mol. The summed E-state index contributed by atoms with van der Waals surface area (Å²) in [5, 5.41) is 2.82. The highest BCUT2D eigenvalue weighted by molar-refractivity contribution is 6.30. The lowest BCUT2D eigenvalue weighted by molar-refractivity contribution is -0.317. The van der Waals surface area contributed by atoms with Crippen molar-refractivity contribution >= 4 is 17.6 Å². The highest BCUT2D eigenvalue weighted by Crippen LogP contribution is 2.41. The number of halogens is 1. The maximum Gasteiger partial charge on any atom is 0.338 e. The maximum atomic E-state index is 12.8. The van der Waals surface area contributed by atoms with E-state index >= 15 is 0 Å². The average Bonchev–Trinajstić information content (AvgIpc) is 2.58. The molecule has 156 valence electrons. The lowest BCUT2D eigenvalue weighted by Gasteiger charge is -2.54. The van der Waals surface area contributed by atoms with Crippen molar-refractivity contribution < 1.29 is 14.4 Å². The molecule has 1 aliphatic carbocycles. The van der Waals surface area contributed by atoms with E-state index in [1.807, 2.05) is 6.92 Å². The van der Waals surface area contributed by atoms with Crippen molar-refractivity contribution in [3.63, 3.8) is 0 Å². The molecule has 0 aromatic heterocycles. The number of carbonyl (C=O) groups excluding carboxylic acids is 1. The Labute approximate surface area is 174 Å². The zero-order chi connectivity index (χ0) is 20.5. The molecule has 1 saturated carbocycles. The van der Waals surface area contributed by atoms with Crippen molar-refractivity contribution in [1.82, 2.24) is 5.06 Å². The molecule has 0 atom stereocenters. The van der Waals surface area contributed by atoms with Gasteiger partial charge in [0, 0.05) is 28.9 Å². The van der Waals surface area contributed by atoms with E-state index in [1.54, 1.807) is 18.2 Å².